The van der Waals surface area contributed by atoms with Crippen molar-refractivity contribution >= 4 is 43.0 Å². The van der Waals surface area contributed by atoms with Crippen molar-refractivity contribution in [1.82, 2.24) is 0 Å². The molecular formula is C19H23ClN2O5S2. The second-order valence-electron chi connectivity index (χ2n) is 6.97. The number of halogens is 1. The molecule has 1 saturated heterocycles. The Morgan fingerprint density at radius 2 is 1.86 bits per heavy atom. The lowest BCUT2D eigenvalue weighted by atomic mass is 10.1. The molecule has 0 bridgehead atoms. The third-order valence-electron chi connectivity index (χ3n) is 4.74. The smallest absolute Gasteiger partial charge is 0.265 e. The molecule has 0 unspecified atom stereocenters. The van der Waals surface area contributed by atoms with E-state index in [1.807, 2.05) is 13.0 Å². The summed E-state index contributed by atoms with van der Waals surface area (Å²) in [4.78, 5) is -0.158. The zero-order chi connectivity index (χ0) is 21.4. The van der Waals surface area contributed by atoms with E-state index in [1.54, 1.807) is 19.1 Å². The van der Waals surface area contributed by atoms with Gasteiger partial charge in [-0.2, -0.15) is 0 Å². The number of ether oxygens (including phenoxy) is 1. The van der Waals surface area contributed by atoms with Crippen LogP contribution < -0.4 is 13.8 Å². The van der Waals surface area contributed by atoms with Crippen LogP contribution >= 0.6 is 11.6 Å². The number of aryl methyl sites for hydroxylation is 2. The van der Waals surface area contributed by atoms with Crippen LogP contribution in [0.2, 0.25) is 5.02 Å². The highest BCUT2D eigenvalue weighted by molar-refractivity contribution is 7.93. The third-order valence-corrected chi connectivity index (χ3v) is 8.28. The van der Waals surface area contributed by atoms with E-state index in [9.17, 15) is 16.8 Å². The van der Waals surface area contributed by atoms with Gasteiger partial charge in [0.1, 0.15) is 10.6 Å². The van der Waals surface area contributed by atoms with E-state index in [4.69, 9.17) is 16.3 Å². The molecule has 0 spiro atoms. The minimum Gasteiger partial charge on any atom is -0.495 e. The molecule has 29 heavy (non-hydrogen) atoms. The predicted molar refractivity (Wildman–Crippen MR) is 115 cm³/mol. The molecular weight excluding hydrogens is 436 g/mol. The molecule has 10 heteroatoms. The Kier molecular flexibility index (Phi) is 6.03. The molecule has 158 valence electrons. The van der Waals surface area contributed by atoms with E-state index in [1.165, 1.54) is 23.5 Å². The Balaban J connectivity index is 2.07. The summed E-state index contributed by atoms with van der Waals surface area (Å²) >= 11 is 6.25. The molecule has 2 aromatic rings. The van der Waals surface area contributed by atoms with Crippen molar-refractivity contribution in [3.63, 3.8) is 0 Å². The number of sulfonamides is 2. The lowest BCUT2D eigenvalue weighted by Crippen LogP contribution is -2.37. The van der Waals surface area contributed by atoms with Crippen molar-refractivity contribution in [2.45, 2.75) is 31.6 Å². The Labute approximate surface area is 176 Å². The van der Waals surface area contributed by atoms with Gasteiger partial charge >= 0.3 is 0 Å². The summed E-state index contributed by atoms with van der Waals surface area (Å²) in [5.41, 5.74) is 2.14. The van der Waals surface area contributed by atoms with Crippen LogP contribution in [0.25, 0.3) is 0 Å². The fraction of sp³-hybridized carbons (Fsp3) is 0.368. The Hall–Kier alpha value is -1.97. The first-order chi connectivity index (χ1) is 13.5. The zero-order valence-corrected chi connectivity index (χ0v) is 18.8. The van der Waals surface area contributed by atoms with Gasteiger partial charge < -0.3 is 4.74 Å². The van der Waals surface area contributed by atoms with Gasteiger partial charge in [0.05, 0.1) is 29.3 Å². The summed E-state index contributed by atoms with van der Waals surface area (Å²) in [6.07, 6.45) is 1.30. The molecule has 1 fully saturated rings. The fourth-order valence-electron chi connectivity index (χ4n) is 3.34. The number of anilines is 2. The molecule has 1 aliphatic rings. The van der Waals surface area contributed by atoms with Crippen LogP contribution in [-0.4, -0.2) is 36.2 Å². The summed E-state index contributed by atoms with van der Waals surface area (Å²) in [6.45, 7) is 3.93. The van der Waals surface area contributed by atoms with Crippen LogP contribution in [0.15, 0.2) is 35.2 Å². The first-order valence-corrected chi connectivity index (χ1v) is 12.5. The average molecular weight is 459 g/mol. The molecule has 0 radical (unpaired) electrons. The van der Waals surface area contributed by atoms with Crippen LogP contribution in [0.4, 0.5) is 11.4 Å². The molecule has 0 atom stereocenters. The van der Waals surface area contributed by atoms with Gasteiger partial charge in [0.25, 0.3) is 10.0 Å². The number of benzene rings is 2. The van der Waals surface area contributed by atoms with Crippen molar-refractivity contribution < 1.29 is 21.6 Å². The van der Waals surface area contributed by atoms with Gasteiger partial charge in [0.15, 0.2) is 0 Å². The Morgan fingerprint density at radius 1 is 1.14 bits per heavy atom. The molecule has 0 amide bonds. The molecule has 1 heterocycles. The second kappa shape index (κ2) is 8.04. The maximum absolute atomic E-state index is 13.1. The summed E-state index contributed by atoms with van der Waals surface area (Å²) in [6, 6.07) is 7.81. The SMILES string of the molecule is COc1ccc(N2CCCCS2(=O)=O)cc1S(=O)(=O)Nc1c(C)cc(C)cc1Cl. The summed E-state index contributed by atoms with van der Waals surface area (Å²) in [5.74, 6) is 0.147. The number of nitrogens with zero attached hydrogens (tertiary/aromatic N) is 1. The van der Waals surface area contributed by atoms with Crippen LogP contribution in [-0.2, 0) is 20.0 Å². The van der Waals surface area contributed by atoms with E-state index in [-0.39, 0.29) is 32.8 Å². The first kappa shape index (κ1) is 21.7. The molecule has 0 saturated carbocycles. The van der Waals surface area contributed by atoms with E-state index in [0.29, 0.717) is 24.9 Å². The van der Waals surface area contributed by atoms with E-state index >= 15 is 0 Å². The van der Waals surface area contributed by atoms with Gasteiger partial charge in [0.2, 0.25) is 10.0 Å². The number of hydrogen-bond acceptors (Lipinski definition) is 5. The highest BCUT2D eigenvalue weighted by Crippen LogP contribution is 2.35. The molecule has 2 aromatic carbocycles. The van der Waals surface area contributed by atoms with Crippen LogP contribution in [0.1, 0.15) is 24.0 Å². The molecule has 7 nitrogen and oxygen atoms in total. The molecule has 0 aliphatic carbocycles. The van der Waals surface area contributed by atoms with Crippen molar-refractivity contribution in [3.05, 3.63) is 46.5 Å². The van der Waals surface area contributed by atoms with E-state index in [0.717, 1.165) is 5.56 Å². The topological polar surface area (TPSA) is 92.8 Å². The van der Waals surface area contributed by atoms with Gasteiger partial charge in [-0.15, -0.1) is 0 Å². The number of hydrogen-bond donors (Lipinski definition) is 1. The van der Waals surface area contributed by atoms with Gasteiger partial charge in [0, 0.05) is 6.54 Å². The van der Waals surface area contributed by atoms with E-state index < -0.39 is 20.0 Å². The van der Waals surface area contributed by atoms with Crippen LogP contribution in [0, 0.1) is 13.8 Å². The van der Waals surface area contributed by atoms with Gasteiger partial charge in [-0.1, -0.05) is 17.7 Å². The number of rotatable bonds is 5. The second-order valence-corrected chi connectivity index (χ2v) is 11.0. The normalized spacial score (nSPS) is 16.5. The monoisotopic (exact) mass is 458 g/mol. The van der Waals surface area contributed by atoms with Gasteiger partial charge in [-0.25, -0.2) is 16.8 Å². The van der Waals surface area contributed by atoms with Gasteiger partial charge in [-0.3, -0.25) is 9.03 Å². The lowest BCUT2D eigenvalue weighted by Gasteiger charge is -2.28. The molecule has 1 aliphatic heterocycles. The van der Waals surface area contributed by atoms with Crippen molar-refractivity contribution in [2.75, 3.05) is 28.4 Å². The highest BCUT2D eigenvalue weighted by atomic mass is 35.5. The quantitative estimate of drug-likeness (QED) is 0.737. The van der Waals surface area contributed by atoms with E-state index in [2.05, 4.69) is 4.72 Å². The molecule has 1 N–H and O–H groups in total. The van der Waals surface area contributed by atoms with Crippen LogP contribution in [0.3, 0.4) is 0 Å². The minimum atomic E-state index is -4.09. The fourth-order valence-corrected chi connectivity index (χ4v) is 6.74. The van der Waals surface area contributed by atoms with Crippen molar-refractivity contribution in [3.8, 4) is 5.75 Å². The number of methoxy groups -OCH3 is 1. The third kappa shape index (κ3) is 4.46. The Morgan fingerprint density at radius 3 is 2.48 bits per heavy atom. The largest absolute Gasteiger partial charge is 0.495 e. The van der Waals surface area contributed by atoms with Crippen molar-refractivity contribution in [1.29, 1.82) is 0 Å². The first-order valence-electron chi connectivity index (χ1n) is 9.03. The maximum atomic E-state index is 13.1. The zero-order valence-electron chi connectivity index (χ0n) is 16.4. The predicted octanol–water partition coefficient (Wildman–Crippen LogP) is 3.70. The molecule has 0 aromatic heterocycles. The lowest BCUT2D eigenvalue weighted by molar-refractivity contribution is 0.403. The number of nitrogens with one attached hydrogen (secondary N) is 1. The maximum Gasteiger partial charge on any atom is 0.265 e. The minimum absolute atomic E-state index is 0.0392. The Bertz CT molecular complexity index is 1120. The summed E-state index contributed by atoms with van der Waals surface area (Å²) in [7, 11) is -6.22. The van der Waals surface area contributed by atoms with Crippen LogP contribution in [0.5, 0.6) is 5.75 Å². The average Bonchev–Trinajstić information content (AvgIpc) is 2.64. The summed E-state index contributed by atoms with van der Waals surface area (Å²) < 4.78 is 60.1. The van der Waals surface area contributed by atoms with Gasteiger partial charge in [-0.05, 0) is 62.1 Å². The van der Waals surface area contributed by atoms with Crippen molar-refractivity contribution in [2.24, 2.45) is 0 Å². The molecule has 3 rings (SSSR count). The highest BCUT2D eigenvalue weighted by Gasteiger charge is 2.29. The standard InChI is InChI=1S/C19H23ClN2O5S2/c1-13-10-14(2)19(16(20)11-13)21-29(25,26)18-12-15(6-7-17(18)27-3)22-8-4-5-9-28(22,23)24/h6-7,10-12,21H,4-5,8-9H2,1-3H3. The summed E-state index contributed by atoms with van der Waals surface area (Å²) in [5, 5.41) is 0.278.